The first-order valence-corrected chi connectivity index (χ1v) is 6.09. The first-order valence-electron chi connectivity index (χ1n) is 4.96. The van der Waals surface area contributed by atoms with E-state index in [0.717, 1.165) is 0 Å². The van der Waals surface area contributed by atoms with Crippen molar-refractivity contribution in [2.45, 2.75) is 0 Å². The predicted octanol–water partition coefficient (Wildman–Crippen LogP) is 5.24. The molecule has 0 spiro atoms. The average molecular weight is 303 g/mol. The summed E-state index contributed by atoms with van der Waals surface area (Å²) < 4.78 is 13.4. The van der Waals surface area contributed by atoms with Crippen molar-refractivity contribution >= 4 is 40.4 Å². The van der Waals surface area contributed by atoms with E-state index in [9.17, 15) is 4.39 Å². The molecule has 1 aromatic heterocycles. The zero-order valence-electron chi connectivity index (χ0n) is 9.05. The summed E-state index contributed by atoms with van der Waals surface area (Å²) in [5.74, 6) is -0.506. The van der Waals surface area contributed by atoms with Gasteiger partial charge in [0.15, 0.2) is 0 Å². The van der Waals surface area contributed by atoms with Crippen molar-refractivity contribution in [2.75, 3.05) is 0 Å². The number of halogens is 4. The van der Waals surface area contributed by atoms with Gasteiger partial charge in [-0.3, -0.25) is 0 Å². The van der Waals surface area contributed by atoms with Crippen LogP contribution in [0.5, 0.6) is 0 Å². The molecule has 0 saturated carbocycles. The van der Waals surface area contributed by atoms with E-state index in [0.29, 0.717) is 21.9 Å². The molecule has 0 aliphatic heterocycles. The van der Waals surface area contributed by atoms with Crippen molar-refractivity contribution in [3.05, 3.63) is 69.2 Å². The van der Waals surface area contributed by atoms with Crippen LogP contribution in [0.2, 0.25) is 15.3 Å². The zero-order valence-corrected chi connectivity index (χ0v) is 11.3. The second-order valence-electron chi connectivity index (χ2n) is 3.58. The molecule has 0 bridgehead atoms. The number of hydrogen-bond acceptors (Lipinski definition) is 1. The Labute approximate surface area is 119 Å². The number of rotatable bonds is 2. The van der Waals surface area contributed by atoms with E-state index in [1.165, 1.54) is 12.1 Å². The maximum absolute atomic E-state index is 13.4. The van der Waals surface area contributed by atoms with Gasteiger partial charge in [0, 0.05) is 5.56 Å². The van der Waals surface area contributed by atoms with Crippen LogP contribution in [-0.4, -0.2) is 4.98 Å². The van der Waals surface area contributed by atoms with E-state index in [1.807, 2.05) is 0 Å². The maximum Gasteiger partial charge on any atom is 0.142 e. The molecule has 0 amide bonds. The van der Waals surface area contributed by atoms with Crippen molar-refractivity contribution in [2.24, 2.45) is 0 Å². The van der Waals surface area contributed by atoms with E-state index >= 15 is 0 Å². The highest BCUT2D eigenvalue weighted by Crippen LogP contribution is 2.29. The summed E-state index contributed by atoms with van der Waals surface area (Å²) in [6, 6.07) is 7.72. The Kier molecular flexibility index (Phi) is 3.91. The van der Waals surface area contributed by atoms with E-state index in [1.54, 1.807) is 18.2 Å². The van der Waals surface area contributed by atoms with Crippen LogP contribution in [-0.2, 0) is 0 Å². The second-order valence-corrected chi connectivity index (χ2v) is 4.73. The molecule has 5 heteroatoms. The summed E-state index contributed by atoms with van der Waals surface area (Å²) in [4.78, 5) is 3.91. The number of pyridine rings is 1. The molecule has 0 aliphatic rings. The van der Waals surface area contributed by atoms with Gasteiger partial charge in [-0.2, -0.15) is 0 Å². The summed E-state index contributed by atoms with van der Waals surface area (Å²) >= 11 is 17.3. The van der Waals surface area contributed by atoms with Gasteiger partial charge < -0.3 is 0 Å². The molecule has 1 heterocycles. The molecule has 0 atom stereocenters. The van der Waals surface area contributed by atoms with Crippen molar-refractivity contribution in [3.63, 3.8) is 0 Å². The monoisotopic (exact) mass is 301 g/mol. The van der Waals surface area contributed by atoms with E-state index in [-0.39, 0.29) is 10.2 Å². The SMILES string of the molecule is C=C(c1ccc(Cl)c(F)c1)c1ccc(Cl)nc1Cl. The smallest absolute Gasteiger partial charge is 0.142 e. The third-order valence-corrected chi connectivity index (χ3v) is 3.21. The number of hydrogen-bond donors (Lipinski definition) is 0. The van der Waals surface area contributed by atoms with Gasteiger partial charge >= 0.3 is 0 Å². The van der Waals surface area contributed by atoms with Gasteiger partial charge in [0.2, 0.25) is 0 Å². The average Bonchev–Trinajstić information content (AvgIpc) is 2.32. The Morgan fingerprint density at radius 2 is 1.83 bits per heavy atom. The molecule has 0 unspecified atom stereocenters. The van der Waals surface area contributed by atoms with E-state index < -0.39 is 5.82 Å². The van der Waals surface area contributed by atoms with E-state index in [4.69, 9.17) is 34.8 Å². The lowest BCUT2D eigenvalue weighted by Gasteiger charge is -2.08. The van der Waals surface area contributed by atoms with Gasteiger partial charge in [0.1, 0.15) is 16.1 Å². The minimum absolute atomic E-state index is 0.0619. The number of nitrogens with zero attached hydrogens (tertiary/aromatic N) is 1. The first-order chi connectivity index (χ1) is 8.49. The van der Waals surface area contributed by atoms with Crippen LogP contribution in [0, 0.1) is 5.82 Å². The van der Waals surface area contributed by atoms with Crippen LogP contribution in [0.15, 0.2) is 36.9 Å². The summed E-state index contributed by atoms with van der Waals surface area (Å²) in [5.41, 5.74) is 1.74. The fourth-order valence-electron chi connectivity index (χ4n) is 1.48. The predicted molar refractivity (Wildman–Crippen MR) is 73.8 cm³/mol. The second kappa shape index (κ2) is 5.27. The zero-order chi connectivity index (χ0) is 13.3. The Morgan fingerprint density at radius 3 is 2.44 bits per heavy atom. The van der Waals surface area contributed by atoms with Crippen molar-refractivity contribution in [1.29, 1.82) is 0 Å². The molecule has 1 aromatic carbocycles. The maximum atomic E-state index is 13.4. The molecular weight excluding hydrogens is 296 g/mol. The highest BCUT2D eigenvalue weighted by Gasteiger charge is 2.10. The molecule has 1 nitrogen and oxygen atoms in total. The molecule has 0 aliphatic carbocycles. The van der Waals surface area contributed by atoms with Crippen molar-refractivity contribution < 1.29 is 4.39 Å². The fourth-order valence-corrected chi connectivity index (χ4v) is 2.05. The topological polar surface area (TPSA) is 12.9 Å². The highest BCUT2D eigenvalue weighted by molar-refractivity contribution is 6.33. The van der Waals surface area contributed by atoms with Crippen LogP contribution in [0.3, 0.4) is 0 Å². The Hall–Kier alpha value is -1.09. The molecule has 92 valence electrons. The highest BCUT2D eigenvalue weighted by atomic mass is 35.5. The lowest BCUT2D eigenvalue weighted by atomic mass is 10.0. The van der Waals surface area contributed by atoms with Gasteiger partial charge in [-0.1, -0.05) is 47.4 Å². The molecular formula is C13H7Cl3FN. The van der Waals surface area contributed by atoms with E-state index in [2.05, 4.69) is 11.6 Å². The Balaban J connectivity index is 2.44. The molecule has 2 rings (SSSR count). The van der Waals surface area contributed by atoms with Crippen molar-refractivity contribution in [3.8, 4) is 0 Å². The minimum Gasteiger partial charge on any atom is -0.224 e. The van der Waals surface area contributed by atoms with Gasteiger partial charge in [0.05, 0.1) is 5.02 Å². The van der Waals surface area contributed by atoms with Crippen LogP contribution < -0.4 is 0 Å². The lowest BCUT2D eigenvalue weighted by molar-refractivity contribution is 0.628. The van der Waals surface area contributed by atoms with Crippen LogP contribution in [0.4, 0.5) is 4.39 Å². The largest absolute Gasteiger partial charge is 0.224 e. The van der Waals surface area contributed by atoms with Gasteiger partial charge in [0.25, 0.3) is 0 Å². The summed E-state index contributed by atoms with van der Waals surface area (Å²) in [6.45, 7) is 3.88. The fraction of sp³-hybridized carbons (Fsp3) is 0. The molecule has 0 saturated heterocycles. The molecule has 0 radical (unpaired) electrons. The first kappa shape index (κ1) is 13.3. The number of aromatic nitrogens is 1. The van der Waals surface area contributed by atoms with Gasteiger partial charge in [-0.15, -0.1) is 0 Å². The third-order valence-electron chi connectivity index (χ3n) is 2.41. The molecule has 0 fully saturated rings. The van der Waals surface area contributed by atoms with Crippen LogP contribution in [0.1, 0.15) is 11.1 Å². The molecule has 2 aromatic rings. The van der Waals surface area contributed by atoms with Gasteiger partial charge in [-0.25, -0.2) is 9.37 Å². The quantitative estimate of drug-likeness (QED) is 0.691. The standard InChI is InChI=1S/C13H7Cl3FN/c1-7(8-2-4-10(14)11(17)6-8)9-3-5-12(15)18-13(9)16/h2-6H,1H2. The normalized spacial score (nSPS) is 10.4. The van der Waals surface area contributed by atoms with Crippen molar-refractivity contribution in [1.82, 2.24) is 4.98 Å². The van der Waals surface area contributed by atoms with Gasteiger partial charge in [-0.05, 0) is 35.4 Å². The third kappa shape index (κ3) is 2.66. The lowest BCUT2D eigenvalue weighted by Crippen LogP contribution is -1.91. The Morgan fingerprint density at radius 1 is 1.11 bits per heavy atom. The minimum atomic E-state index is -0.506. The number of benzene rings is 1. The summed E-state index contributed by atoms with van der Waals surface area (Å²) in [5, 5.41) is 0.577. The van der Waals surface area contributed by atoms with Crippen LogP contribution >= 0.6 is 34.8 Å². The summed E-state index contributed by atoms with van der Waals surface area (Å²) in [6.07, 6.45) is 0. The van der Waals surface area contributed by atoms with Crippen LogP contribution in [0.25, 0.3) is 5.57 Å². The molecule has 18 heavy (non-hydrogen) atoms. The summed E-state index contributed by atoms with van der Waals surface area (Å²) in [7, 11) is 0. The molecule has 0 N–H and O–H groups in total. The Bertz CT molecular complexity index is 626.